The second kappa shape index (κ2) is 8.82. The fourth-order valence-corrected chi connectivity index (χ4v) is 4.18. The number of piperazine rings is 1. The number of aliphatic hydroxyl groups is 1. The van der Waals surface area contributed by atoms with Crippen molar-refractivity contribution in [1.29, 1.82) is 0 Å². The number of nitrogens with zero attached hydrogens (tertiary/aromatic N) is 6. The fourth-order valence-electron chi connectivity index (χ4n) is 4.18. The summed E-state index contributed by atoms with van der Waals surface area (Å²) in [7, 11) is 0. The lowest BCUT2D eigenvalue weighted by Gasteiger charge is -2.41. The third kappa shape index (κ3) is 4.58. The van der Waals surface area contributed by atoms with Crippen molar-refractivity contribution in [3.05, 3.63) is 70.8 Å². The van der Waals surface area contributed by atoms with Gasteiger partial charge in [0.25, 0.3) is 0 Å². The van der Waals surface area contributed by atoms with Crippen molar-refractivity contribution in [3.63, 3.8) is 0 Å². The minimum atomic E-state index is -0.990. The molecule has 0 amide bonds. The molecule has 1 N–H and O–H groups in total. The maximum Gasteiger partial charge on any atom is 0.154 e. The van der Waals surface area contributed by atoms with Gasteiger partial charge in [-0.05, 0) is 51.3 Å². The SMILES string of the molecule is Cc1c(Cc2ccccc2)nnc(N2CCN(c3cnc(C(C)(C)O)cn3)[C@@H](C)C2)c1C. The number of hydrogen-bond acceptors (Lipinski definition) is 7. The minimum absolute atomic E-state index is 0.247. The van der Waals surface area contributed by atoms with Gasteiger partial charge in [0.2, 0.25) is 0 Å². The van der Waals surface area contributed by atoms with Crippen LogP contribution >= 0.6 is 0 Å². The van der Waals surface area contributed by atoms with Gasteiger partial charge in [0.05, 0.1) is 23.8 Å². The predicted molar refractivity (Wildman–Crippen MR) is 127 cm³/mol. The summed E-state index contributed by atoms with van der Waals surface area (Å²) < 4.78 is 0. The lowest BCUT2D eigenvalue weighted by Crippen LogP contribution is -2.53. The van der Waals surface area contributed by atoms with Crippen molar-refractivity contribution < 1.29 is 5.11 Å². The Hall–Kier alpha value is -3.06. The molecule has 32 heavy (non-hydrogen) atoms. The van der Waals surface area contributed by atoms with Gasteiger partial charge in [-0.3, -0.25) is 4.98 Å². The number of anilines is 2. The van der Waals surface area contributed by atoms with E-state index in [1.165, 1.54) is 16.7 Å². The molecule has 1 saturated heterocycles. The highest BCUT2D eigenvalue weighted by atomic mass is 16.3. The first-order valence-electron chi connectivity index (χ1n) is 11.2. The molecule has 0 aliphatic carbocycles. The van der Waals surface area contributed by atoms with Crippen LogP contribution in [0.3, 0.4) is 0 Å². The number of aromatic nitrogens is 4. The Kier molecular flexibility index (Phi) is 6.11. The summed E-state index contributed by atoms with van der Waals surface area (Å²) in [6.07, 6.45) is 4.22. The van der Waals surface area contributed by atoms with Gasteiger partial charge in [-0.2, -0.15) is 5.10 Å². The highest BCUT2D eigenvalue weighted by Crippen LogP contribution is 2.27. The van der Waals surface area contributed by atoms with Crippen LogP contribution in [0.2, 0.25) is 0 Å². The zero-order chi connectivity index (χ0) is 22.9. The molecule has 7 heteroatoms. The Morgan fingerprint density at radius 3 is 2.38 bits per heavy atom. The van der Waals surface area contributed by atoms with Gasteiger partial charge in [0, 0.05) is 32.1 Å². The number of hydrogen-bond donors (Lipinski definition) is 1. The quantitative estimate of drug-likeness (QED) is 0.662. The summed E-state index contributed by atoms with van der Waals surface area (Å²) in [5.74, 6) is 1.80. The highest BCUT2D eigenvalue weighted by molar-refractivity contribution is 5.53. The van der Waals surface area contributed by atoms with Crippen molar-refractivity contribution in [1.82, 2.24) is 20.2 Å². The molecule has 0 radical (unpaired) electrons. The molecule has 1 aliphatic rings. The third-order valence-corrected chi connectivity index (χ3v) is 6.30. The van der Waals surface area contributed by atoms with Crippen LogP contribution in [-0.4, -0.2) is 50.9 Å². The molecule has 0 saturated carbocycles. The van der Waals surface area contributed by atoms with Gasteiger partial charge in [-0.25, -0.2) is 4.98 Å². The summed E-state index contributed by atoms with van der Waals surface area (Å²) >= 11 is 0. The van der Waals surface area contributed by atoms with Crippen LogP contribution in [0.15, 0.2) is 42.7 Å². The first-order chi connectivity index (χ1) is 15.2. The van der Waals surface area contributed by atoms with Gasteiger partial charge in [-0.1, -0.05) is 30.3 Å². The first-order valence-corrected chi connectivity index (χ1v) is 11.2. The van der Waals surface area contributed by atoms with Crippen LogP contribution in [0.5, 0.6) is 0 Å². The molecular formula is C25H32N6O. The van der Waals surface area contributed by atoms with E-state index < -0.39 is 5.60 Å². The normalized spacial score (nSPS) is 17.0. The van der Waals surface area contributed by atoms with Crippen LogP contribution in [0.25, 0.3) is 0 Å². The zero-order valence-electron chi connectivity index (χ0n) is 19.6. The standard InChI is InChI=1S/C25H32N6O/c1-17-16-30(11-12-31(17)23-15-26-22(14-27-23)25(4,5)32)24-19(3)18(2)21(28-29-24)13-20-9-7-6-8-10-20/h6-10,14-15,17,32H,11-13,16H2,1-5H3/t17-/m0/s1. The molecule has 1 aromatic carbocycles. The first kappa shape index (κ1) is 22.1. The van der Waals surface area contributed by atoms with E-state index in [9.17, 15) is 5.11 Å². The summed E-state index contributed by atoms with van der Waals surface area (Å²) in [4.78, 5) is 13.6. The summed E-state index contributed by atoms with van der Waals surface area (Å²) in [5.41, 5.74) is 4.27. The van der Waals surface area contributed by atoms with Crippen molar-refractivity contribution in [3.8, 4) is 0 Å². The summed E-state index contributed by atoms with van der Waals surface area (Å²) in [6, 6.07) is 10.7. The van der Waals surface area contributed by atoms with Crippen LogP contribution in [0.1, 0.15) is 48.8 Å². The second-order valence-electron chi connectivity index (χ2n) is 9.19. The zero-order valence-corrected chi connectivity index (χ0v) is 19.6. The monoisotopic (exact) mass is 432 g/mol. The average molecular weight is 433 g/mol. The van der Waals surface area contributed by atoms with Crippen LogP contribution in [-0.2, 0) is 12.0 Å². The Bertz CT molecular complexity index is 1060. The van der Waals surface area contributed by atoms with E-state index in [1.54, 1.807) is 26.2 Å². The summed E-state index contributed by atoms with van der Waals surface area (Å²) in [5, 5.41) is 19.3. The lowest BCUT2D eigenvalue weighted by atomic mass is 10.0. The minimum Gasteiger partial charge on any atom is -0.384 e. The lowest BCUT2D eigenvalue weighted by molar-refractivity contribution is 0.0734. The predicted octanol–water partition coefficient (Wildman–Crippen LogP) is 3.42. The van der Waals surface area contributed by atoms with E-state index in [-0.39, 0.29) is 6.04 Å². The molecule has 4 rings (SSSR count). The molecule has 0 bridgehead atoms. The van der Waals surface area contributed by atoms with Gasteiger partial charge in [0.15, 0.2) is 5.82 Å². The molecule has 0 spiro atoms. The number of benzene rings is 1. The van der Waals surface area contributed by atoms with E-state index in [4.69, 9.17) is 0 Å². The molecule has 3 aromatic rings. The molecule has 1 atom stereocenters. The van der Waals surface area contributed by atoms with Crippen molar-refractivity contribution in [2.45, 2.75) is 52.7 Å². The Morgan fingerprint density at radius 2 is 1.75 bits per heavy atom. The topological polar surface area (TPSA) is 78.3 Å². The molecule has 1 aliphatic heterocycles. The molecule has 168 valence electrons. The van der Waals surface area contributed by atoms with Crippen molar-refractivity contribution in [2.75, 3.05) is 29.4 Å². The van der Waals surface area contributed by atoms with Crippen LogP contribution in [0, 0.1) is 13.8 Å². The van der Waals surface area contributed by atoms with Gasteiger partial charge in [-0.15, -0.1) is 5.10 Å². The van der Waals surface area contributed by atoms with Gasteiger partial charge < -0.3 is 14.9 Å². The van der Waals surface area contributed by atoms with Crippen molar-refractivity contribution in [2.24, 2.45) is 0 Å². The number of rotatable bonds is 5. The fraction of sp³-hybridized carbons (Fsp3) is 0.440. The highest BCUT2D eigenvalue weighted by Gasteiger charge is 2.28. The third-order valence-electron chi connectivity index (χ3n) is 6.30. The molecular weight excluding hydrogens is 400 g/mol. The van der Waals surface area contributed by atoms with E-state index in [2.05, 4.69) is 75.0 Å². The second-order valence-corrected chi connectivity index (χ2v) is 9.19. The van der Waals surface area contributed by atoms with E-state index in [0.29, 0.717) is 5.69 Å². The largest absolute Gasteiger partial charge is 0.384 e. The molecule has 2 aromatic heterocycles. The maximum absolute atomic E-state index is 10.1. The average Bonchev–Trinajstić information content (AvgIpc) is 2.77. The molecule has 0 unspecified atom stereocenters. The van der Waals surface area contributed by atoms with Crippen LogP contribution in [0.4, 0.5) is 11.6 Å². The smallest absolute Gasteiger partial charge is 0.154 e. The van der Waals surface area contributed by atoms with Gasteiger partial charge in [0.1, 0.15) is 11.4 Å². The molecule has 7 nitrogen and oxygen atoms in total. The van der Waals surface area contributed by atoms with Crippen molar-refractivity contribution >= 4 is 11.6 Å². The van der Waals surface area contributed by atoms with Crippen LogP contribution < -0.4 is 9.80 Å². The van der Waals surface area contributed by atoms with E-state index >= 15 is 0 Å². The maximum atomic E-state index is 10.1. The summed E-state index contributed by atoms with van der Waals surface area (Å²) in [6.45, 7) is 12.4. The van der Waals surface area contributed by atoms with E-state index in [0.717, 1.165) is 43.4 Å². The van der Waals surface area contributed by atoms with Gasteiger partial charge >= 0.3 is 0 Å². The molecule has 1 fully saturated rings. The Labute approximate surface area is 190 Å². The van der Waals surface area contributed by atoms with E-state index in [1.807, 2.05) is 6.07 Å². The Morgan fingerprint density at radius 1 is 1.00 bits per heavy atom. The molecule has 3 heterocycles. The Balaban J connectivity index is 1.48.